The molecule has 0 unspecified atom stereocenters. The first kappa shape index (κ1) is 14.7. The van der Waals surface area contributed by atoms with Crippen LogP contribution in [0.25, 0.3) is 0 Å². The van der Waals surface area contributed by atoms with Gasteiger partial charge in [0.05, 0.1) is 0 Å². The summed E-state index contributed by atoms with van der Waals surface area (Å²) in [6.07, 6.45) is -1.00. The van der Waals surface area contributed by atoms with Gasteiger partial charge in [-0.1, -0.05) is 0 Å². The lowest BCUT2D eigenvalue weighted by molar-refractivity contribution is -0.175. The van der Waals surface area contributed by atoms with E-state index in [0.717, 1.165) is 0 Å². The highest BCUT2D eigenvalue weighted by molar-refractivity contribution is 5.81. The first-order chi connectivity index (χ1) is 7.08. The zero-order chi connectivity index (χ0) is 13.0. The molecule has 0 radical (unpaired) electrons. The van der Waals surface area contributed by atoms with Crippen molar-refractivity contribution in [2.45, 2.75) is 45.8 Å². The molecule has 94 valence electrons. The van der Waals surface area contributed by atoms with E-state index in [9.17, 15) is 9.59 Å². The number of carbonyl (C=O) groups excluding carboxylic acids is 2. The van der Waals surface area contributed by atoms with Crippen molar-refractivity contribution in [1.29, 1.82) is 0 Å². The number of rotatable bonds is 3. The number of nitrogens with two attached hydrogens (primary N) is 1. The van der Waals surface area contributed by atoms with Crippen LogP contribution in [0.1, 0.15) is 34.6 Å². The van der Waals surface area contributed by atoms with Gasteiger partial charge in [-0.2, -0.15) is 0 Å². The van der Waals surface area contributed by atoms with E-state index < -0.39 is 23.3 Å². The predicted molar refractivity (Wildman–Crippen MR) is 56.5 cm³/mol. The summed E-state index contributed by atoms with van der Waals surface area (Å²) < 4.78 is 14.2. The Bertz CT molecular complexity index is 267. The second-order valence-corrected chi connectivity index (χ2v) is 4.68. The van der Waals surface area contributed by atoms with Crippen molar-refractivity contribution in [1.82, 2.24) is 0 Å². The standard InChI is InChI=1S/C10H19NO5/c1-9(2,3)15-7(12)10(4,5)16-8(13)14-6-11/h6,11H2,1-5H3. The van der Waals surface area contributed by atoms with Gasteiger partial charge >= 0.3 is 12.1 Å². The van der Waals surface area contributed by atoms with Gasteiger partial charge in [-0.25, -0.2) is 9.59 Å². The fourth-order valence-electron chi connectivity index (χ4n) is 0.748. The molecule has 0 aliphatic heterocycles. The molecule has 0 amide bonds. The highest BCUT2D eigenvalue weighted by atomic mass is 16.7. The van der Waals surface area contributed by atoms with Crippen molar-refractivity contribution in [3.8, 4) is 0 Å². The summed E-state index contributed by atoms with van der Waals surface area (Å²) in [6.45, 7) is 7.69. The second-order valence-electron chi connectivity index (χ2n) is 4.68. The van der Waals surface area contributed by atoms with Crippen molar-refractivity contribution in [2.75, 3.05) is 6.73 Å². The minimum atomic E-state index is -1.40. The average Bonchev–Trinajstić information content (AvgIpc) is 1.99. The molecule has 16 heavy (non-hydrogen) atoms. The third-order valence-corrected chi connectivity index (χ3v) is 1.43. The topological polar surface area (TPSA) is 87.8 Å². The van der Waals surface area contributed by atoms with E-state index in [1.807, 2.05) is 0 Å². The third-order valence-electron chi connectivity index (χ3n) is 1.43. The minimum Gasteiger partial charge on any atom is -0.457 e. The van der Waals surface area contributed by atoms with Crippen LogP contribution < -0.4 is 5.73 Å². The summed E-state index contributed by atoms with van der Waals surface area (Å²) in [5.41, 5.74) is 2.94. The number of hydrogen-bond acceptors (Lipinski definition) is 6. The first-order valence-electron chi connectivity index (χ1n) is 4.88. The molecule has 6 heteroatoms. The Balaban J connectivity index is 4.42. The largest absolute Gasteiger partial charge is 0.510 e. The van der Waals surface area contributed by atoms with Crippen LogP contribution in [0.3, 0.4) is 0 Å². The van der Waals surface area contributed by atoms with Crippen molar-refractivity contribution in [3.05, 3.63) is 0 Å². The fourth-order valence-corrected chi connectivity index (χ4v) is 0.748. The molecule has 0 aliphatic rings. The van der Waals surface area contributed by atoms with Gasteiger partial charge < -0.3 is 14.2 Å². The van der Waals surface area contributed by atoms with Gasteiger partial charge in [-0.15, -0.1) is 0 Å². The van der Waals surface area contributed by atoms with E-state index in [2.05, 4.69) is 4.74 Å². The predicted octanol–water partition coefficient (Wildman–Crippen LogP) is 1.18. The normalized spacial score (nSPS) is 11.9. The van der Waals surface area contributed by atoms with Crippen LogP contribution in [0.2, 0.25) is 0 Å². The Morgan fingerprint density at radius 2 is 1.56 bits per heavy atom. The summed E-state index contributed by atoms with van der Waals surface area (Å²) in [5.74, 6) is -0.644. The van der Waals surface area contributed by atoms with E-state index in [1.54, 1.807) is 20.8 Å². The maximum absolute atomic E-state index is 11.6. The van der Waals surface area contributed by atoms with Gasteiger partial charge in [0.25, 0.3) is 0 Å². The average molecular weight is 233 g/mol. The van der Waals surface area contributed by atoms with Crippen molar-refractivity contribution in [2.24, 2.45) is 5.73 Å². The van der Waals surface area contributed by atoms with Crippen LogP contribution in [0.15, 0.2) is 0 Å². The monoisotopic (exact) mass is 233 g/mol. The molecule has 0 heterocycles. The Morgan fingerprint density at radius 1 is 1.06 bits per heavy atom. The van der Waals surface area contributed by atoms with Crippen LogP contribution in [0, 0.1) is 0 Å². The SMILES string of the molecule is CC(C)(C)OC(=O)C(C)(C)OC(=O)OCN. The second kappa shape index (κ2) is 5.16. The summed E-state index contributed by atoms with van der Waals surface area (Å²) in [7, 11) is 0. The lowest BCUT2D eigenvalue weighted by Gasteiger charge is -2.27. The van der Waals surface area contributed by atoms with Crippen molar-refractivity contribution < 1.29 is 23.8 Å². The number of hydrogen-bond donors (Lipinski definition) is 1. The maximum Gasteiger partial charge on any atom is 0.510 e. The van der Waals surface area contributed by atoms with Gasteiger partial charge in [-0.3, -0.25) is 5.73 Å². The molecular formula is C10H19NO5. The van der Waals surface area contributed by atoms with Crippen LogP contribution >= 0.6 is 0 Å². The third kappa shape index (κ3) is 5.55. The van der Waals surface area contributed by atoms with Crippen LogP contribution in [0.4, 0.5) is 4.79 Å². The Kier molecular flexibility index (Phi) is 4.74. The molecule has 0 saturated carbocycles. The molecule has 0 bridgehead atoms. The van der Waals surface area contributed by atoms with Gasteiger partial charge in [-0.05, 0) is 34.6 Å². The number of ether oxygens (including phenoxy) is 3. The molecule has 2 N–H and O–H groups in total. The van der Waals surface area contributed by atoms with Crippen molar-refractivity contribution >= 4 is 12.1 Å². The molecule has 0 atom stereocenters. The van der Waals surface area contributed by atoms with E-state index in [4.69, 9.17) is 15.2 Å². The Morgan fingerprint density at radius 3 is 1.94 bits per heavy atom. The summed E-state index contributed by atoms with van der Waals surface area (Å²) >= 11 is 0. The van der Waals surface area contributed by atoms with E-state index in [1.165, 1.54) is 13.8 Å². The molecular weight excluding hydrogens is 214 g/mol. The Hall–Kier alpha value is -1.30. The maximum atomic E-state index is 11.6. The zero-order valence-electron chi connectivity index (χ0n) is 10.3. The fraction of sp³-hybridized carbons (Fsp3) is 0.800. The lowest BCUT2D eigenvalue weighted by Crippen LogP contribution is -2.42. The summed E-state index contributed by atoms with van der Waals surface area (Å²) in [5, 5.41) is 0. The zero-order valence-corrected chi connectivity index (χ0v) is 10.3. The molecule has 0 fully saturated rings. The smallest absolute Gasteiger partial charge is 0.457 e. The number of carbonyl (C=O) groups is 2. The van der Waals surface area contributed by atoms with E-state index in [0.29, 0.717) is 0 Å². The quantitative estimate of drug-likeness (QED) is 0.581. The molecule has 6 nitrogen and oxygen atoms in total. The Labute approximate surface area is 95.0 Å². The molecule has 0 aromatic heterocycles. The van der Waals surface area contributed by atoms with Crippen LogP contribution in [0.5, 0.6) is 0 Å². The first-order valence-corrected chi connectivity index (χ1v) is 4.88. The van der Waals surface area contributed by atoms with Crippen LogP contribution in [-0.2, 0) is 19.0 Å². The molecule has 0 spiro atoms. The summed E-state index contributed by atoms with van der Waals surface area (Å²) in [4.78, 5) is 22.6. The molecule has 0 saturated heterocycles. The minimum absolute atomic E-state index is 0.302. The molecule has 0 aromatic rings. The molecule has 0 rings (SSSR count). The van der Waals surface area contributed by atoms with Gasteiger partial charge in [0.15, 0.2) is 0 Å². The lowest BCUT2D eigenvalue weighted by atomic mass is 10.1. The molecule has 0 aromatic carbocycles. The highest BCUT2D eigenvalue weighted by Crippen LogP contribution is 2.17. The summed E-state index contributed by atoms with van der Waals surface area (Å²) in [6, 6.07) is 0. The highest BCUT2D eigenvalue weighted by Gasteiger charge is 2.36. The van der Waals surface area contributed by atoms with Crippen molar-refractivity contribution in [3.63, 3.8) is 0 Å². The molecule has 0 aliphatic carbocycles. The van der Waals surface area contributed by atoms with Gasteiger partial charge in [0, 0.05) is 0 Å². The number of esters is 1. The van der Waals surface area contributed by atoms with Gasteiger partial charge in [0.2, 0.25) is 5.60 Å². The van der Waals surface area contributed by atoms with Crippen LogP contribution in [-0.4, -0.2) is 30.1 Å². The van der Waals surface area contributed by atoms with E-state index >= 15 is 0 Å². The van der Waals surface area contributed by atoms with Gasteiger partial charge in [0.1, 0.15) is 12.3 Å². The van der Waals surface area contributed by atoms with E-state index in [-0.39, 0.29) is 6.73 Å².